The number of carbonyl (C=O) groups excluding carboxylic acids is 2. The maximum Gasteiger partial charge on any atom is 0.241 e. The molecule has 4 rings (SSSR count). The number of carbonyl (C=O) groups is 2. The van der Waals surface area contributed by atoms with Crippen LogP contribution in [0.15, 0.2) is 54.7 Å². The number of nitrogens with two attached hydrogens (primary N) is 1. The SMILES string of the molecule is COc1cc(F)ccc1-c1cc(NC(=O)[C@H]2CCC[C@@H](NC(=O)[C@H](N)c3ccc(O)cc3)C2)ncc1F. The number of amides is 2. The summed E-state index contributed by atoms with van der Waals surface area (Å²) in [5, 5.41) is 15.1. The Labute approximate surface area is 212 Å². The van der Waals surface area contributed by atoms with Crippen molar-refractivity contribution in [2.45, 2.75) is 37.8 Å². The maximum atomic E-state index is 14.6. The summed E-state index contributed by atoms with van der Waals surface area (Å²) in [7, 11) is 1.36. The molecule has 5 N–H and O–H groups in total. The van der Waals surface area contributed by atoms with Crippen molar-refractivity contribution in [3.8, 4) is 22.6 Å². The average molecular weight is 511 g/mol. The third-order valence-electron chi connectivity index (χ3n) is 6.49. The zero-order chi connectivity index (χ0) is 26.5. The molecule has 10 heteroatoms. The van der Waals surface area contributed by atoms with E-state index in [4.69, 9.17) is 10.5 Å². The van der Waals surface area contributed by atoms with Crippen molar-refractivity contribution in [1.82, 2.24) is 10.3 Å². The average Bonchev–Trinajstić information content (AvgIpc) is 2.90. The number of anilines is 1. The largest absolute Gasteiger partial charge is 0.508 e. The third-order valence-corrected chi connectivity index (χ3v) is 6.49. The lowest BCUT2D eigenvalue weighted by Gasteiger charge is -2.29. The van der Waals surface area contributed by atoms with Crippen LogP contribution in [0.5, 0.6) is 11.5 Å². The fourth-order valence-corrected chi connectivity index (χ4v) is 4.51. The van der Waals surface area contributed by atoms with Crippen molar-refractivity contribution in [3.05, 3.63) is 71.9 Å². The molecule has 2 aromatic carbocycles. The van der Waals surface area contributed by atoms with Gasteiger partial charge in [-0.15, -0.1) is 0 Å². The molecule has 0 radical (unpaired) electrons. The van der Waals surface area contributed by atoms with Crippen LogP contribution >= 0.6 is 0 Å². The minimum absolute atomic E-state index is 0.0806. The van der Waals surface area contributed by atoms with Crippen LogP contribution in [-0.4, -0.2) is 35.1 Å². The van der Waals surface area contributed by atoms with E-state index in [2.05, 4.69) is 15.6 Å². The second-order valence-corrected chi connectivity index (χ2v) is 9.02. The molecule has 0 bridgehead atoms. The highest BCUT2D eigenvalue weighted by molar-refractivity contribution is 5.92. The van der Waals surface area contributed by atoms with Crippen LogP contribution in [0, 0.1) is 17.6 Å². The van der Waals surface area contributed by atoms with Crippen LogP contribution in [0.4, 0.5) is 14.6 Å². The topological polar surface area (TPSA) is 127 Å². The Morgan fingerprint density at radius 3 is 2.59 bits per heavy atom. The number of phenolic OH excluding ortho intramolecular Hbond substituents is 1. The molecule has 3 atom stereocenters. The normalized spacial score (nSPS) is 18.1. The number of hydrogen-bond donors (Lipinski definition) is 4. The van der Waals surface area contributed by atoms with E-state index in [1.54, 1.807) is 12.1 Å². The smallest absolute Gasteiger partial charge is 0.241 e. The Bertz CT molecular complexity index is 1290. The van der Waals surface area contributed by atoms with Crippen LogP contribution in [-0.2, 0) is 9.59 Å². The molecule has 3 aromatic rings. The number of methoxy groups -OCH3 is 1. The van der Waals surface area contributed by atoms with Crippen molar-refractivity contribution in [2.24, 2.45) is 11.7 Å². The van der Waals surface area contributed by atoms with E-state index in [0.717, 1.165) is 18.7 Å². The van der Waals surface area contributed by atoms with E-state index in [1.807, 2.05) is 0 Å². The second-order valence-electron chi connectivity index (χ2n) is 9.02. The molecule has 8 nitrogen and oxygen atoms in total. The molecule has 0 unspecified atom stereocenters. The maximum absolute atomic E-state index is 14.6. The monoisotopic (exact) mass is 510 g/mol. The van der Waals surface area contributed by atoms with Gasteiger partial charge in [0.2, 0.25) is 11.8 Å². The van der Waals surface area contributed by atoms with E-state index in [9.17, 15) is 23.5 Å². The Morgan fingerprint density at radius 2 is 1.86 bits per heavy atom. The molecule has 1 aliphatic rings. The number of pyridine rings is 1. The highest BCUT2D eigenvalue weighted by atomic mass is 19.1. The van der Waals surface area contributed by atoms with E-state index < -0.39 is 17.7 Å². The van der Waals surface area contributed by atoms with Gasteiger partial charge < -0.3 is 26.2 Å². The summed E-state index contributed by atoms with van der Waals surface area (Å²) in [6.45, 7) is 0. The third kappa shape index (κ3) is 6.21. The van der Waals surface area contributed by atoms with Crippen LogP contribution in [0.3, 0.4) is 0 Å². The predicted molar refractivity (Wildman–Crippen MR) is 134 cm³/mol. The minimum atomic E-state index is -0.903. The van der Waals surface area contributed by atoms with Crippen molar-refractivity contribution in [2.75, 3.05) is 12.4 Å². The van der Waals surface area contributed by atoms with Crippen molar-refractivity contribution in [1.29, 1.82) is 0 Å². The lowest BCUT2D eigenvalue weighted by molar-refractivity contribution is -0.125. The molecule has 0 saturated heterocycles. The Hall–Kier alpha value is -4.05. The van der Waals surface area contributed by atoms with E-state index in [1.165, 1.54) is 37.4 Å². The molecular weight excluding hydrogens is 482 g/mol. The number of nitrogens with zero attached hydrogens (tertiary/aromatic N) is 1. The van der Waals surface area contributed by atoms with Crippen molar-refractivity contribution < 1.29 is 28.2 Å². The van der Waals surface area contributed by atoms with Gasteiger partial charge in [-0.1, -0.05) is 18.6 Å². The molecule has 37 heavy (non-hydrogen) atoms. The summed E-state index contributed by atoms with van der Waals surface area (Å²) >= 11 is 0. The Balaban J connectivity index is 1.41. The van der Waals surface area contributed by atoms with Crippen LogP contribution in [0.25, 0.3) is 11.1 Å². The van der Waals surface area contributed by atoms with Crippen LogP contribution in [0.1, 0.15) is 37.3 Å². The van der Waals surface area contributed by atoms with Gasteiger partial charge in [0.15, 0.2) is 0 Å². The second kappa shape index (κ2) is 11.3. The summed E-state index contributed by atoms with van der Waals surface area (Å²) in [5.74, 6) is -1.84. The molecule has 1 aromatic heterocycles. The van der Waals surface area contributed by atoms with E-state index in [-0.39, 0.29) is 46.7 Å². The first-order valence-corrected chi connectivity index (χ1v) is 11.9. The van der Waals surface area contributed by atoms with E-state index >= 15 is 0 Å². The van der Waals surface area contributed by atoms with Gasteiger partial charge in [0.05, 0.1) is 13.3 Å². The highest BCUT2D eigenvalue weighted by Crippen LogP contribution is 2.34. The molecule has 0 spiro atoms. The molecule has 1 saturated carbocycles. The summed E-state index contributed by atoms with van der Waals surface area (Å²) in [6, 6.07) is 10.1. The number of phenols is 1. The lowest BCUT2D eigenvalue weighted by atomic mass is 9.85. The number of nitrogens with one attached hydrogen (secondary N) is 2. The number of aromatic nitrogens is 1. The first kappa shape index (κ1) is 26.0. The van der Waals surface area contributed by atoms with Gasteiger partial charge in [-0.25, -0.2) is 13.8 Å². The Kier molecular flexibility index (Phi) is 7.98. The van der Waals surface area contributed by atoms with Gasteiger partial charge in [-0.3, -0.25) is 9.59 Å². The Morgan fingerprint density at radius 1 is 1.11 bits per heavy atom. The molecule has 1 heterocycles. The molecule has 1 fully saturated rings. The molecule has 194 valence electrons. The minimum Gasteiger partial charge on any atom is -0.508 e. The summed E-state index contributed by atoms with van der Waals surface area (Å²) in [4.78, 5) is 29.6. The highest BCUT2D eigenvalue weighted by Gasteiger charge is 2.30. The van der Waals surface area contributed by atoms with Gasteiger partial charge >= 0.3 is 0 Å². The van der Waals surface area contributed by atoms with Gasteiger partial charge in [-0.2, -0.15) is 0 Å². The summed E-state index contributed by atoms with van der Waals surface area (Å²) in [5.41, 5.74) is 7.06. The molecular formula is C27H28F2N4O4. The predicted octanol–water partition coefficient (Wildman–Crippen LogP) is 4.05. The molecule has 2 amide bonds. The lowest BCUT2D eigenvalue weighted by Crippen LogP contribution is -2.44. The molecule has 1 aliphatic carbocycles. The quantitative estimate of drug-likeness (QED) is 0.380. The van der Waals surface area contributed by atoms with Gasteiger partial charge in [0.1, 0.15) is 35.0 Å². The van der Waals surface area contributed by atoms with Crippen molar-refractivity contribution in [3.63, 3.8) is 0 Å². The zero-order valence-corrected chi connectivity index (χ0v) is 20.2. The van der Waals surface area contributed by atoms with Gasteiger partial charge in [0.25, 0.3) is 0 Å². The number of aromatic hydroxyl groups is 1. The van der Waals surface area contributed by atoms with E-state index in [0.29, 0.717) is 30.4 Å². The zero-order valence-electron chi connectivity index (χ0n) is 20.2. The van der Waals surface area contributed by atoms with Gasteiger partial charge in [-0.05, 0) is 55.2 Å². The first-order chi connectivity index (χ1) is 17.7. The van der Waals surface area contributed by atoms with Gasteiger partial charge in [0, 0.05) is 29.2 Å². The number of benzene rings is 2. The number of halogens is 2. The van der Waals surface area contributed by atoms with Crippen LogP contribution < -0.4 is 21.1 Å². The summed E-state index contributed by atoms with van der Waals surface area (Å²) in [6.07, 6.45) is 3.47. The summed E-state index contributed by atoms with van der Waals surface area (Å²) < 4.78 is 33.3. The number of rotatable bonds is 7. The number of ether oxygens (including phenoxy) is 1. The number of hydrogen-bond acceptors (Lipinski definition) is 6. The van der Waals surface area contributed by atoms with Crippen molar-refractivity contribution >= 4 is 17.6 Å². The molecule has 0 aliphatic heterocycles. The standard InChI is InChI=1S/C27H28F2N4O4/c1-37-23-12-17(28)7-10-20(23)21-13-24(31-14-22(21)29)33-26(35)16-3-2-4-18(11-16)32-27(36)25(30)15-5-8-19(34)9-6-15/h5-10,12-14,16,18,25,34H,2-4,11,30H2,1H3,(H,32,36)(H,31,33,35)/t16-,18+,25+/m0/s1. The fraction of sp³-hybridized carbons (Fsp3) is 0.296. The fourth-order valence-electron chi connectivity index (χ4n) is 4.51. The van der Waals surface area contributed by atoms with Crippen LogP contribution in [0.2, 0.25) is 0 Å². The first-order valence-electron chi connectivity index (χ1n) is 11.9.